The summed E-state index contributed by atoms with van der Waals surface area (Å²) < 4.78 is 11.0. The van der Waals surface area contributed by atoms with Crippen LogP contribution in [0.1, 0.15) is 51.1 Å². The van der Waals surface area contributed by atoms with Crippen LogP contribution in [0.15, 0.2) is 35.5 Å². The van der Waals surface area contributed by atoms with Crippen molar-refractivity contribution in [3.8, 4) is 5.75 Å². The molecule has 0 saturated heterocycles. The van der Waals surface area contributed by atoms with E-state index in [-0.39, 0.29) is 18.1 Å². The van der Waals surface area contributed by atoms with E-state index in [1.165, 1.54) is 6.42 Å². The average Bonchev–Trinajstić information content (AvgIpc) is 2.61. The number of methoxy groups -OCH3 is 1. The van der Waals surface area contributed by atoms with Crippen LogP contribution < -0.4 is 15.4 Å². The Bertz CT molecular complexity index is 711. The molecule has 1 fully saturated rings. The molecule has 0 unspecified atom stereocenters. The summed E-state index contributed by atoms with van der Waals surface area (Å²) in [6, 6.07) is 6.45. The number of ether oxygens (including phenoxy) is 2. The van der Waals surface area contributed by atoms with Gasteiger partial charge in [-0.3, -0.25) is 0 Å². The third-order valence-electron chi connectivity index (χ3n) is 5.10. The third kappa shape index (κ3) is 4.00. The van der Waals surface area contributed by atoms with Crippen molar-refractivity contribution in [2.24, 2.45) is 5.92 Å². The second kappa shape index (κ2) is 7.81. The number of benzene rings is 1. The predicted molar refractivity (Wildman–Crippen MR) is 97.6 cm³/mol. The van der Waals surface area contributed by atoms with Crippen LogP contribution in [0.5, 0.6) is 5.75 Å². The minimum atomic E-state index is -0.539. The number of carbonyl (C=O) groups is 2. The number of amides is 2. The monoisotopic (exact) mass is 358 g/mol. The molecule has 3 rings (SSSR count). The predicted octanol–water partition coefficient (Wildman–Crippen LogP) is 3.45. The van der Waals surface area contributed by atoms with E-state index in [1.54, 1.807) is 14.0 Å². The Hall–Kier alpha value is -2.50. The van der Waals surface area contributed by atoms with Gasteiger partial charge in [0.1, 0.15) is 11.9 Å². The van der Waals surface area contributed by atoms with Crippen molar-refractivity contribution in [2.45, 2.75) is 51.7 Å². The van der Waals surface area contributed by atoms with Crippen LogP contribution >= 0.6 is 0 Å². The maximum atomic E-state index is 12.9. The highest BCUT2D eigenvalue weighted by Crippen LogP contribution is 2.31. The van der Waals surface area contributed by atoms with Crippen molar-refractivity contribution in [3.63, 3.8) is 0 Å². The summed E-state index contributed by atoms with van der Waals surface area (Å²) in [4.78, 5) is 24.8. The van der Waals surface area contributed by atoms with Crippen LogP contribution in [0.3, 0.4) is 0 Å². The van der Waals surface area contributed by atoms with Gasteiger partial charge in [-0.05, 0) is 49.8 Å². The first-order valence-corrected chi connectivity index (χ1v) is 9.11. The van der Waals surface area contributed by atoms with E-state index in [2.05, 4.69) is 17.6 Å². The second-order valence-corrected chi connectivity index (χ2v) is 7.14. The Morgan fingerprint density at radius 2 is 1.92 bits per heavy atom. The van der Waals surface area contributed by atoms with Crippen molar-refractivity contribution >= 4 is 12.0 Å². The number of carbonyl (C=O) groups excluding carboxylic acids is 2. The molecule has 2 N–H and O–H groups in total. The van der Waals surface area contributed by atoms with Crippen LogP contribution in [-0.2, 0) is 9.53 Å². The van der Waals surface area contributed by atoms with E-state index in [4.69, 9.17) is 9.47 Å². The number of hydrogen-bond donors (Lipinski definition) is 2. The molecule has 0 radical (unpaired) electrons. The molecular weight excluding hydrogens is 332 g/mol. The second-order valence-electron chi connectivity index (χ2n) is 7.14. The summed E-state index contributed by atoms with van der Waals surface area (Å²) in [5.74, 6) is 0.920. The molecule has 1 aromatic carbocycles. The van der Waals surface area contributed by atoms with Crippen molar-refractivity contribution < 1.29 is 19.1 Å². The van der Waals surface area contributed by atoms with E-state index < -0.39 is 6.04 Å². The number of rotatable bonds is 4. The average molecular weight is 358 g/mol. The molecule has 26 heavy (non-hydrogen) atoms. The van der Waals surface area contributed by atoms with Gasteiger partial charge in [-0.25, -0.2) is 9.59 Å². The van der Waals surface area contributed by atoms with Gasteiger partial charge in [0.15, 0.2) is 0 Å². The molecule has 140 valence electrons. The van der Waals surface area contributed by atoms with Crippen LogP contribution in [-0.4, -0.2) is 25.2 Å². The van der Waals surface area contributed by atoms with Gasteiger partial charge >= 0.3 is 12.0 Å². The molecule has 6 nitrogen and oxygen atoms in total. The summed E-state index contributed by atoms with van der Waals surface area (Å²) >= 11 is 0. The lowest BCUT2D eigenvalue weighted by molar-refractivity contribution is -0.146. The zero-order valence-corrected chi connectivity index (χ0v) is 15.5. The molecular formula is C20H26N2O4. The Balaban J connectivity index is 1.83. The molecule has 0 spiro atoms. The maximum absolute atomic E-state index is 12.9. The van der Waals surface area contributed by atoms with Gasteiger partial charge in [0.2, 0.25) is 0 Å². The van der Waals surface area contributed by atoms with E-state index >= 15 is 0 Å². The molecule has 1 aliphatic heterocycles. The maximum Gasteiger partial charge on any atom is 0.338 e. The SMILES string of the molecule is COc1ccc([C@H]2NC(=O)NC(C)=C2C(=O)O[C@H]2CCC[C@H](C)C2)cc1. The molecule has 1 aromatic rings. The van der Waals surface area contributed by atoms with Crippen molar-refractivity contribution in [1.82, 2.24) is 10.6 Å². The van der Waals surface area contributed by atoms with Gasteiger partial charge in [-0.2, -0.15) is 0 Å². The normalized spacial score (nSPS) is 26.0. The Kier molecular flexibility index (Phi) is 5.49. The summed E-state index contributed by atoms with van der Waals surface area (Å²) in [5.41, 5.74) is 1.79. The molecule has 0 aromatic heterocycles. The van der Waals surface area contributed by atoms with Crippen molar-refractivity contribution in [3.05, 3.63) is 41.1 Å². The summed E-state index contributed by atoms with van der Waals surface area (Å²) in [6.45, 7) is 3.92. The van der Waals surface area contributed by atoms with Crippen LogP contribution in [0, 0.1) is 5.92 Å². The van der Waals surface area contributed by atoms with Crippen LogP contribution in [0.4, 0.5) is 4.79 Å². The van der Waals surface area contributed by atoms with Gasteiger partial charge in [0, 0.05) is 5.70 Å². The van der Waals surface area contributed by atoms with Gasteiger partial charge < -0.3 is 20.1 Å². The van der Waals surface area contributed by atoms with Crippen LogP contribution in [0.25, 0.3) is 0 Å². The van der Waals surface area contributed by atoms with E-state index in [1.807, 2.05) is 24.3 Å². The lowest BCUT2D eigenvalue weighted by Gasteiger charge is -2.31. The molecule has 2 aliphatic rings. The molecule has 1 saturated carbocycles. The van der Waals surface area contributed by atoms with Gasteiger partial charge in [-0.15, -0.1) is 0 Å². The fourth-order valence-electron chi connectivity index (χ4n) is 3.71. The first kappa shape index (κ1) is 18.3. The Morgan fingerprint density at radius 3 is 2.58 bits per heavy atom. The third-order valence-corrected chi connectivity index (χ3v) is 5.10. The van der Waals surface area contributed by atoms with Crippen molar-refractivity contribution in [1.29, 1.82) is 0 Å². The lowest BCUT2D eigenvalue weighted by Crippen LogP contribution is -2.45. The molecule has 1 heterocycles. The minimum absolute atomic E-state index is 0.0549. The summed E-state index contributed by atoms with van der Waals surface area (Å²) in [7, 11) is 1.60. The number of allylic oxidation sites excluding steroid dienone is 1. The van der Waals surface area contributed by atoms with Gasteiger partial charge in [0.25, 0.3) is 0 Å². The smallest absolute Gasteiger partial charge is 0.338 e. The number of nitrogens with one attached hydrogen (secondary N) is 2. The summed E-state index contributed by atoms with van der Waals surface area (Å²) in [6.07, 6.45) is 4.00. The topological polar surface area (TPSA) is 76.7 Å². The zero-order chi connectivity index (χ0) is 18.7. The molecule has 0 bridgehead atoms. The largest absolute Gasteiger partial charge is 0.497 e. The highest BCUT2D eigenvalue weighted by atomic mass is 16.5. The lowest BCUT2D eigenvalue weighted by atomic mass is 9.88. The standard InChI is InChI=1S/C20H26N2O4/c1-12-5-4-6-16(11-12)26-19(23)17-13(2)21-20(24)22-18(17)14-7-9-15(25-3)10-8-14/h7-10,12,16,18H,4-6,11H2,1-3H3,(H2,21,22,24)/t12-,16-,18+/m0/s1. The Morgan fingerprint density at radius 1 is 1.19 bits per heavy atom. The molecule has 6 heteroatoms. The number of hydrogen-bond acceptors (Lipinski definition) is 4. The van der Waals surface area contributed by atoms with E-state index in [0.29, 0.717) is 17.2 Å². The first-order chi connectivity index (χ1) is 12.5. The molecule has 2 amide bonds. The van der Waals surface area contributed by atoms with Gasteiger partial charge in [-0.1, -0.05) is 25.5 Å². The highest BCUT2D eigenvalue weighted by Gasteiger charge is 2.34. The minimum Gasteiger partial charge on any atom is -0.497 e. The van der Waals surface area contributed by atoms with Crippen LogP contribution in [0.2, 0.25) is 0 Å². The van der Waals surface area contributed by atoms with E-state index in [9.17, 15) is 9.59 Å². The quantitative estimate of drug-likeness (QED) is 0.808. The first-order valence-electron chi connectivity index (χ1n) is 9.11. The fourth-order valence-corrected chi connectivity index (χ4v) is 3.71. The number of urea groups is 1. The zero-order valence-electron chi connectivity index (χ0n) is 15.5. The number of esters is 1. The fraction of sp³-hybridized carbons (Fsp3) is 0.500. The summed E-state index contributed by atoms with van der Waals surface area (Å²) in [5, 5.41) is 5.51. The van der Waals surface area contributed by atoms with E-state index in [0.717, 1.165) is 30.6 Å². The molecule has 1 aliphatic carbocycles. The molecule has 3 atom stereocenters. The van der Waals surface area contributed by atoms with Crippen molar-refractivity contribution in [2.75, 3.05) is 7.11 Å². The Labute approximate surface area is 153 Å². The van der Waals surface area contributed by atoms with Gasteiger partial charge in [0.05, 0.1) is 18.7 Å². The highest BCUT2D eigenvalue weighted by molar-refractivity contribution is 5.95.